The molecular weight excluding hydrogens is 452 g/mol. The van der Waals surface area contributed by atoms with Crippen molar-refractivity contribution in [2.24, 2.45) is 0 Å². The number of carboxylic acids is 1. The van der Waals surface area contributed by atoms with E-state index in [-0.39, 0.29) is 24.7 Å². The quantitative estimate of drug-likeness (QED) is 0.357. The number of carboxylic acid groups (broad SMARTS) is 1. The summed E-state index contributed by atoms with van der Waals surface area (Å²) in [6.45, 7) is 6.01. The summed E-state index contributed by atoms with van der Waals surface area (Å²) in [4.78, 5) is 28.4. The number of rotatable bonds is 8. The first-order valence-corrected chi connectivity index (χ1v) is 11.3. The molecule has 0 aliphatic heterocycles. The Kier molecular flexibility index (Phi) is 5.67. The summed E-state index contributed by atoms with van der Waals surface area (Å²) >= 11 is 0. The third-order valence-electron chi connectivity index (χ3n) is 5.71. The Bertz CT molecular complexity index is 1380. The standard InChI is InChI=1S/C23H26N8O4/c1-23(2,3)31-22-16(20(24)27-11-28-22)17(29-31)18-15(19(35-30-18)13-4-5-13)21-25-8-12(9-26-21)6-7-34-10-14(32)33/h8-9,11,13H,4-7,10H2,1-3H3,(H,32,33)(H2,24,27,28). The first-order chi connectivity index (χ1) is 16.7. The van der Waals surface area contributed by atoms with Gasteiger partial charge in [-0.25, -0.2) is 29.4 Å². The number of fused-ring (bicyclic) bond motifs is 1. The topological polar surface area (TPSA) is 168 Å². The van der Waals surface area contributed by atoms with Gasteiger partial charge in [0.15, 0.2) is 17.2 Å². The molecular formula is C23H26N8O4. The highest BCUT2D eigenvalue weighted by molar-refractivity contribution is 6.00. The number of nitrogen functional groups attached to an aromatic ring is 1. The number of nitrogens with zero attached hydrogens (tertiary/aromatic N) is 7. The van der Waals surface area contributed by atoms with Gasteiger partial charge in [-0.1, -0.05) is 5.16 Å². The number of anilines is 1. The van der Waals surface area contributed by atoms with Crippen LogP contribution in [0.1, 0.15) is 50.9 Å². The molecule has 0 radical (unpaired) electrons. The van der Waals surface area contributed by atoms with E-state index >= 15 is 0 Å². The number of aromatic nitrogens is 7. The van der Waals surface area contributed by atoms with Gasteiger partial charge in [-0.15, -0.1) is 0 Å². The molecule has 3 N–H and O–H groups in total. The lowest BCUT2D eigenvalue weighted by Gasteiger charge is -2.19. The lowest BCUT2D eigenvalue weighted by molar-refractivity contribution is -0.142. The Hall–Kier alpha value is -3.93. The number of carbonyl (C=O) groups is 1. The Labute approximate surface area is 200 Å². The summed E-state index contributed by atoms with van der Waals surface area (Å²) in [5, 5.41) is 18.5. The fraction of sp³-hybridized carbons (Fsp3) is 0.435. The second-order valence-electron chi connectivity index (χ2n) is 9.54. The van der Waals surface area contributed by atoms with Crippen LogP contribution in [0.3, 0.4) is 0 Å². The molecule has 1 saturated carbocycles. The van der Waals surface area contributed by atoms with Crippen molar-refractivity contribution in [3.8, 4) is 22.8 Å². The minimum Gasteiger partial charge on any atom is -0.480 e. The lowest BCUT2D eigenvalue weighted by atomic mass is 10.1. The summed E-state index contributed by atoms with van der Waals surface area (Å²) in [6, 6.07) is 0. The molecule has 1 aliphatic rings. The van der Waals surface area contributed by atoms with E-state index < -0.39 is 5.97 Å². The van der Waals surface area contributed by atoms with Crippen molar-refractivity contribution in [3.05, 3.63) is 30.0 Å². The lowest BCUT2D eigenvalue weighted by Crippen LogP contribution is -2.23. The van der Waals surface area contributed by atoms with Gasteiger partial charge >= 0.3 is 5.97 Å². The van der Waals surface area contributed by atoms with Crippen LogP contribution in [0.2, 0.25) is 0 Å². The smallest absolute Gasteiger partial charge is 0.329 e. The maximum atomic E-state index is 10.6. The molecule has 5 rings (SSSR count). The van der Waals surface area contributed by atoms with Crippen LogP contribution in [0.4, 0.5) is 5.82 Å². The van der Waals surface area contributed by atoms with Gasteiger partial charge in [0.2, 0.25) is 0 Å². The number of hydrogen-bond acceptors (Lipinski definition) is 10. The van der Waals surface area contributed by atoms with Crippen LogP contribution in [-0.4, -0.2) is 59.2 Å². The first-order valence-electron chi connectivity index (χ1n) is 11.3. The van der Waals surface area contributed by atoms with E-state index in [0.717, 1.165) is 24.2 Å². The Morgan fingerprint density at radius 3 is 2.60 bits per heavy atom. The van der Waals surface area contributed by atoms with Gasteiger partial charge < -0.3 is 20.1 Å². The number of ether oxygens (including phenoxy) is 1. The minimum absolute atomic E-state index is 0.253. The molecule has 35 heavy (non-hydrogen) atoms. The van der Waals surface area contributed by atoms with E-state index in [1.807, 2.05) is 25.5 Å². The summed E-state index contributed by atoms with van der Waals surface area (Å²) in [6.07, 6.45) is 7.32. The highest BCUT2D eigenvalue weighted by Gasteiger charge is 2.36. The van der Waals surface area contributed by atoms with E-state index in [1.165, 1.54) is 6.33 Å². The van der Waals surface area contributed by atoms with Crippen molar-refractivity contribution in [1.29, 1.82) is 0 Å². The zero-order chi connectivity index (χ0) is 24.7. The Balaban J connectivity index is 1.57. The molecule has 4 aromatic heterocycles. The predicted octanol–water partition coefficient (Wildman–Crippen LogP) is 2.80. The fourth-order valence-electron chi connectivity index (χ4n) is 3.88. The number of nitrogens with two attached hydrogens (primary N) is 1. The number of aliphatic carboxylic acids is 1. The van der Waals surface area contributed by atoms with Gasteiger partial charge in [-0.3, -0.25) is 0 Å². The van der Waals surface area contributed by atoms with E-state index in [4.69, 9.17) is 25.2 Å². The second kappa shape index (κ2) is 8.69. The average Bonchev–Trinajstić information content (AvgIpc) is 3.42. The molecule has 182 valence electrons. The summed E-state index contributed by atoms with van der Waals surface area (Å²) in [5.41, 5.74) is 9.05. The molecule has 0 spiro atoms. The molecule has 12 nitrogen and oxygen atoms in total. The van der Waals surface area contributed by atoms with Crippen LogP contribution in [-0.2, 0) is 21.5 Å². The largest absolute Gasteiger partial charge is 0.480 e. The number of hydrogen-bond donors (Lipinski definition) is 2. The van der Waals surface area contributed by atoms with Crippen LogP contribution in [0, 0.1) is 0 Å². The monoisotopic (exact) mass is 478 g/mol. The molecule has 4 aromatic rings. The van der Waals surface area contributed by atoms with Gasteiger partial charge in [0.1, 0.15) is 30.1 Å². The van der Waals surface area contributed by atoms with Crippen molar-refractivity contribution >= 4 is 22.8 Å². The van der Waals surface area contributed by atoms with Gasteiger partial charge in [-0.05, 0) is 45.6 Å². The van der Waals surface area contributed by atoms with E-state index in [0.29, 0.717) is 46.0 Å². The fourth-order valence-corrected chi connectivity index (χ4v) is 3.88. The highest BCUT2D eigenvalue weighted by Crippen LogP contribution is 2.47. The van der Waals surface area contributed by atoms with Crippen LogP contribution < -0.4 is 5.73 Å². The van der Waals surface area contributed by atoms with Crippen LogP contribution >= 0.6 is 0 Å². The van der Waals surface area contributed by atoms with E-state index in [2.05, 4.69) is 25.1 Å². The molecule has 12 heteroatoms. The second-order valence-corrected chi connectivity index (χ2v) is 9.54. The molecule has 1 aliphatic carbocycles. The van der Waals surface area contributed by atoms with E-state index in [1.54, 1.807) is 12.4 Å². The SMILES string of the molecule is CC(C)(C)n1nc(-c2noc(C3CC3)c2-c2ncc(CCOCC(=O)O)cn2)c2c(N)ncnc21. The summed E-state index contributed by atoms with van der Waals surface area (Å²) in [7, 11) is 0. The average molecular weight is 479 g/mol. The Morgan fingerprint density at radius 1 is 1.20 bits per heavy atom. The van der Waals surface area contributed by atoms with Crippen molar-refractivity contribution in [2.75, 3.05) is 18.9 Å². The molecule has 0 saturated heterocycles. The van der Waals surface area contributed by atoms with Crippen LogP contribution in [0.25, 0.3) is 33.8 Å². The predicted molar refractivity (Wildman–Crippen MR) is 125 cm³/mol. The molecule has 0 amide bonds. The molecule has 0 unspecified atom stereocenters. The highest BCUT2D eigenvalue weighted by atomic mass is 16.5. The van der Waals surface area contributed by atoms with Crippen LogP contribution in [0.15, 0.2) is 23.2 Å². The van der Waals surface area contributed by atoms with Gasteiger partial charge in [0.05, 0.1) is 23.1 Å². The molecule has 0 atom stereocenters. The first kappa shape index (κ1) is 22.8. The van der Waals surface area contributed by atoms with Gasteiger partial charge in [0, 0.05) is 18.3 Å². The van der Waals surface area contributed by atoms with Crippen molar-refractivity contribution in [1.82, 2.24) is 34.9 Å². The minimum atomic E-state index is -1.00. The van der Waals surface area contributed by atoms with E-state index in [9.17, 15) is 4.79 Å². The molecule has 4 heterocycles. The zero-order valence-corrected chi connectivity index (χ0v) is 19.7. The Morgan fingerprint density at radius 2 is 1.94 bits per heavy atom. The molecule has 0 bridgehead atoms. The summed E-state index contributed by atoms with van der Waals surface area (Å²) < 4.78 is 12.7. The summed E-state index contributed by atoms with van der Waals surface area (Å²) in [5.74, 6) is 0.749. The maximum Gasteiger partial charge on any atom is 0.329 e. The van der Waals surface area contributed by atoms with Gasteiger partial charge in [-0.2, -0.15) is 5.10 Å². The third-order valence-corrected chi connectivity index (χ3v) is 5.71. The zero-order valence-electron chi connectivity index (χ0n) is 19.7. The van der Waals surface area contributed by atoms with Crippen molar-refractivity contribution < 1.29 is 19.2 Å². The maximum absolute atomic E-state index is 10.6. The van der Waals surface area contributed by atoms with Crippen LogP contribution in [0.5, 0.6) is 0 Å². The normalized spacial score (nSPS) is 14.0. The van der Waals surface area contributed by atoms with Crippen molar-refractivity contribution in [3.63, 3.8) is 0 Å². The third kappa shape index (κ3) is 4.44. The molecule has 1 fully saturated rings. The van der Waals surface area contributed by atoms with Gasteiger partial charge in [0.25, 0.3) is 0 Å². The van der Waals surface area contributed by atoms with Crippen molar-refractivity contribution in [2.45, 2.75) is 51.5 Å². The molecule has 0 aromatic carbocycles.